The highest BCUT2D eigenvalue weighted by Gasteiger charge is 2.40. The van der Waals surface area contributed by atoms with Gasteiger partial charge in [-0.25, -0.2) is 0 Å². The zero-order valence-electron chi connectivity index (χ0n) is 14.0. The van der Waals surface area contributed by atoms with Gasteiger partial charge in [-0.15, -0.1) is 0 Å². The first-order valence-electron chi connectivity index (χ1n) is 8.55. The molecule has 1 spiro atoms. The Balaban J connectivity index is 1.46. The summed E-state index contributed by atoms with van der Waals surface area (Å²) in [7, 11) is 0. The molecule has 2 aromatic rings. The first-order valence-corrected chi connectivity index (χ1v) is 8.55. The summed E-state index contributed by atoms with van der Waals surface area (Å²) in [5.74, 6) is 0. The van der Waals surface area contributed by atoms with Crippen LogP contribution in [0.15, 0.2) is 24.4 Å². The molecule has 2 aliphatic heterocycles. The minimum atomic E-state index is 0.518. The van der Waals surface area contributed by atoms with Crippen LogP contribution in [0.2, 0.25) is 0 Å². The molecule has 1 aromatic carbocycles. The van der Waals surface area contributed by atoms with E-state index in [4.69, 9.17) is 0 Å². The number of aromatic nitrogens is 3. The van der Waals surface area contributed by atoms with Gasteiger partial charge in [-0.05, 0) is 68.5 Å². The van der Waals surface area contributed by atoms with E-state index in [2.05, 4.69) is 52.5 Å². The van der Waals surface area contributed by atoms with Gasteiger partial charge in [0.25, 0.3) is 0 Å². The minimum Gasteiger partial charge on any atom is -0.316 e. The number of hydrogen-bond donors (Lipinski definition) is 1. The Bertz CT molecular complexity index is 679. The quantitative estimate of drug-likeness (QED) is 0.942. The zero-order valence-corrected chi connectivity index (χ0v) is 14.0. The Morgan fingerprint density at radius 2 is 2.00 bits per heavy atom. The van der Waals surface area contributed by atoms with Crippen LogP contribution in [0.4, 0.5) is 0 Å². The average Bonchev–Trinajstić information content (AvgIpc) is 3.22. The maximum Gasteiger partial charge on any atom is 0.0971 e. The predicted molar refractivity (Wildman–Crippen MR) is 90.6 cm³/mol. The largest absolute Gasteiger partial charge is 0.316 e. The van der Waals surface area contributed by atoms with Gasteiger partial charge in [0.1, 0.15) is 0 Å². The fourth-order valence-corrected chi connectivity index (χ4v) is 4.09. The van der Waals surface area contributed by atoms with E-state index in [-0.39, 0.29) is 0 Å². The van der Waals surface area contributed by atoms with Crippen LogP contribution < -0.4 is 5.32 Å². The topological polar surface area (TPSA) is 46.0 Å². The van der Waals surface area contributed by atoms with Gasteiger partial charge in [0.15, 0.2) is 0 Å². The maximum atomic E-state index is 4.69. The molecular weight excluding hydrogens is 286 g/mol. The molecule has 0 radical (unpaired) electrons. The summed E-state index contributed by atoms with van der Waals surface area (Å²) in [6.07, 6.45) is 4.54. The molecule has 1 N–H and O–H groups in total. The van der Waals surface area contributed by atoms with Gasteiger partial charge >= 0.3 is 0 Å². The van der Waals surface area contributed by atoms with Crippen molar-refractivity contribution in [2.75, 3.05) is 26.2 Å². The van der Waals surface area contributed by atoms with Crippen molar-refractivity contribution in [2.45, 2.75) is 33.2 Å². The summed E-state index contributed by atoms with van der Waals surface area (Å²) in [4.78, 5) is 4.29. The van der Waals surface area contributed by atoms with Crippen LogP contribution in [-0.2, 0) is 6.54 Å². The van der Waals surface area contributed by atoms with E-state index in [1.165, 1.54) is 50.1 Å². The first-order chi connectivity index (χ1) is 11.1. The molecule has 23 heavy (non-hydrogen) atoms. The third kappa shape index (κ3) is 3.03. The molecular formula is C18H25N5. The van der Waals surface area contributed by atoms with Crippen LogP contribution in [0.5, 0.6) is 0 Å². The van der Waals surface area contributed by atoms with E-state index < -0.39 is 0 Å². The molecule has 0 saturated carbocycles. The molecule has 2 fully saturated rings. The number of hydrogen-bond acceptors (Lipinski definition) is 4. The predicted octanol–water partition coefficient (Wildman–Crippen LogP) is 2.07. The van der Waals surface area contributed by atoms with Gasteiger partial charge in [-0.2, -0.15) is 15.0 Å². The number of aryl methyl sites for hydroxylation is 2. The molecule has 122 valence electrons. The Kier molecular flexibility index (Phi) is 3.70. The Labute approximate surface area is 137 Å². The van der Waals surface area contributed by atoms with Gasteiger partial charge in [-0.1, -0.05) is 6.07 Å². The molecule has 2 aliphatic rings. The Morgan fingerprint density at radius 1 is 1.17 bits per heavy atom. The second-order valence-corrected chi connectivity index (χ2v) is 7.36. The molecule has 0 amide bonds. The lowest BCUT2D eigenvalue weighted by Crippen LogP contribution is -2.29. The maximum absolute atomic E-state index is 4.69. The van der Waals surface area contributed by atoms with Crippen LogP contribution in [0.3, 0.4) is 0 Å². The molecule has 1 unspecified atom stereocenters. The summed E-state index contributed by atoms with van der Waals surface area (Å²) in [6, 6.07) is 6.44. The van der Waals surface area contributed by atoms with Crippen molar-refractivity contribution in [2.24, 2.45) is 5.41 Å². The van der Waals surface area contributed by atoms with Crippen LogP contribution >= 0.6 is 0 Å². The van der Waals surface area contributed by atoms with E-state index >= 15 is 0 Å². The average molecular weight is 311 g/mol. The SMILES string of the molecule is Cc1cc(C)cc(-n2ncc(CN3CCC4(CCNC4)C3)n2)c1. The van der Waals surface area contributed by atoms with Gasteiger partial charge in [0.2, 0.25) is 0 Å². The number of nitrogens with one attached hydrogen (secondary N) is 1. The lowest BCUT2D eigenvalue weighted by atomic mass is 9.87. The summed E-state index contributed by atoms with van der Waals surface area (Å²) in [5, 5.41) is 12.7. The third-order valence-corrected chi connectivity index (χ3v) is 5.21. The van der Waals surface area contributed by atoms with Crippen molar-refractivity contribution in [3.63, 3.8) is 0 Å². The Morgan fingerprint density at radius 3 is 2.74 bits per heavy atom. The molecule has 1 atom stereocenters. The van der Waals surface area contributed by atoms with Gasteiger partial charge in [0, 0.05) is 19.6 Å². The highest BCUT2D eigenvalue weighted by Crippen LogP contribution is 2.36. The molecule has 5 nitrogen and oxygen atoms in total. The lowest BCUT2D eigenvalue weighted by molar-refractivity contribution is 0.266. The number of benzene rings is 1. The second-order valence-electron chi connectivity index (χ2n) is 7.36. The molecule has 3 heterocycles. The third-order valence-electron chi connectivity index (χ3n) is 5.21. The zero-order chi connectivity index (χ0) is 15.9. The van der Waals surface area contributed by atoms with E-state index in [1.807, 2.05) is 6.20 Å². The highest BCUT2D eigenvalue weighted by atomic mass is 15.5. The van der Waals surface area contributed by atoms with Crippen molar-refractivity contribution in [3.8, 4) is 5.69 Å². The summed E-state index contributed by atoms with van der Waals surface area (Å²) in [5.41, 5.74) is 5.12. The van der Waals surface area contributed by atoms with Gasteiger partial charge in [0.05, 0.1) is 17.6 Å². The molecule has 2 saturated heterocycles. The summed E-state index contributed by atoms with van der Waals surface area (Å²) >= 11 is 0. The summed E-state index contributed by atoms with van der Waals surface area (Å²) < 4.78 is 0. The number of likely N-dealkylation sites (tertiary alicyclic amines) is 1. The monoisotopic (exact) mass is 311 g/mol. The van der Waals surface area contributed by atoms with E-state index in [1.54, 1.807) is 4.80 Å². The van der Waals surface area contributed by atoms with Crippen molar-refractivity contribution in [3.05, 3.63) is 41.2 Å². The van der Waals surface area contributed by atoms with Crippen LogP contribution in [0, 0.1) is 19.3 Å². The van der Waals surface area contributed by atoms with Crippen LogP contribution in [-0.4, -0.2) is 46.1 Å². The molecule has 4 rings (SSSR count). The Hall–Kier alpha value is -1.72. The molecule has 0 bridgehead atoms. The number of rotatable bonds is 3. The fourth-order valence-electron chi connectivity index (χ4n) is 4.09. The van der Waals surface area contributed by atoms with Gasteiger partial charge < -0.3 is 5.32 Å². The molecule has 1 aromatic heterocycles. The highest BCUT2D eigenvalue weighted by molar-refractivity contribution is 5.37. The number of nitrogens with zero attached hydrogens (tertiary/aromatic N) is 4. The smallest absolute Gasteiger partial charge is 0.0971 e. The van der Waals surface area contributed by atoms with E-state index in [0.717, 1.165) is 17.9 Å². The van der Waals surface area contributed by atoms with Crippen molar-refractivity contribution >= 4 is 0 Å². The molecule has 0 aliphatic carbocycles. The summed E-state index contributed by atoms with van der Waals surface area (Å²) in [6.45, 7) is 9.86. The van der Waals surface area contributed by atoms with Crippen LogP contribution in [0.25, 0.3) is 5.69 Å². The lowest BCUT2D eigenvalue weighted by Gasteiger charge is -2.22. The second kappa shape index (κ2) is 5.73. The van der Waals surface area contributed by atoms with Crippen molar-refractivity contribution in [1.29, 1.82) is 0 Å². The van der Waals surface area contributed by atoms with Gasteiger partial charge in [-0.3, -0.25) is 4.90 Å². The molecule has 5 heteroatoms. The standard InChI is InChI=1S/C18H25N5/c1-14-7-15(2)9-17(8-14)23-20-10-16(21-23)11-22-6-4-18(13-22)3-5-19-12-18/h7-10,19H,3-6,11-13H2,1-2H3. The van der Waals surface area contributed by atoms with Crippen molar-refractivity contribution in [1.82, 2.24) is 25.2 Å². The van der Waals surface area contributed by atoms with E-state index in [0.29, 0.717) is 5.41 Å². The minimum absolute atomic E-state index is 0.518. The van der Waals surface area contributed by atoms with E-state index in [9.17, 15) is 0 Å². The van der Waals surface area contributed by atoms with Crippen molar-refractivity contribution < 1.29 is 0 Å². The first kappa shape index (κ1) is 14.8. The van der Waals surface area contributed by atoms with Crippen LogP contribution in [0.1, 0.15) is 29.7 Å². The fraction of sp³-hybridized carbons (Fsp3) is 0.556. The normalized spacial score (nSPS) is 24.8.